The molecule has 0 aromatic heterocycles. The highest BCUT2D eigenvalue weighted by Gasteiger charge is 2.33. The molecule has 72 valence electrons. The normalized spacial score (nSPS) is 35.5. The van der Waals surface area contributed by atoms with Gasteiger partial charge in [-0.05, 0) is 36.5 Å². The summed E-state index contributed by atoms with van der Waals surface area (Å²) in [6.07, 6.45) is 3.88. The van der Waals surface area contributed by atoms with Gasteiger partial charge >= 0.3 is 0 Å². The largest absolute Gasteiger partial charge is 0.327 e. The molecule has 1 heteroatoms. The van der Waals surface area contributed by atoms with Crippen LogP contribution in [0, 0.1) is 17.3 Å². The smallest absolute Gasteiger partial charge is 0.00746 e. The second-order valence-corrected chi connectivity index (χ2v) is 5.48. The van der Waals surface area contributed by atoms with Crippen molar-refractivity contribution in [1.82, 2.24) is 0 Å². The lowest BCUT2D eigenvalue weighted by Crippen LogP contribution is -2.42. The maximum absolute atomic E-state index is 6.16. The summed E-state index contributed by atoms with van der Waals surface area (Å²) in [5.74, 6) is 1.52. The van der Waals surface area contributed by atoms with Gasteiger partial charge in [0.1, 0.15) is 0 Å². The van der Waals surface area contributed by atoms with Gasteiger partial charge in [0.15, 0.2) is 0 Å². The van der Waals surface area contributed by atoms with Crippen LogP contribution in [0.2, 0.25) is 0 Å². The van der Waals surface area contributed by atoms with Crippen molar-refractivity contribution in [2.24, 2.45) is 23.0 Å². The van der Waals surface area contributed by atoms with E-state index in [2.05, 4.69) is 27.7 Å². The molecule has 1 aliphatic carbocycles. The summed E-state index contributed by atoms with van der Waals surface area (Å²) in [5.41, 5.74) is 6.65. The topological polar surface area (TPSA) is 26.0 Å². The van der Waals surface area contributed by atoms with E-state index in [1.165, 1.54) is 19.3 Å². The van der Waals surface area contributed by atoms with E-state index in [0.717, 1.165) is 11.8 Å². The van der Waals surface area contributed by atoms with Crippen molar-refractivity contribution in [3.05, 3.63) is 0 Å². The first-order valence-electron chi connectivity index (χ1n) is 5.18. The number of rotatable bonds is 1. The van der Waals surface area contributed by atoms with Crippen molar-refractivity contribution in [2.75, 3.05) is 0 Å². The van der Waals surface area contributed by atoms with E-state index >= 15 is 0 Å². The van der Waals surface area contributed by atoms with Crippen LogP contribution < -0.4 is 5.73 Å². The summed E-state index contributed by atoms with van der Waals surface area (Å²) in [5, 5.41) is 0. The molecule has 12 heavy (non-hydrogen) atoms. The van der Waals surface area contributed by atoms with Gasteiger partial charge in [0.25, 0.3) is 0 Å². The first-order valence-corrected chi connectivity index (χ1v) is 5.18. The van der Waals surface area contributed by atoms with Crippen molar-refractivity contribution >= 4 is 0 Å². The minimum atomic E-state index is 0.439. The van der Waals surface area contributed by atoms with E-state index in [1.54, 1.807) is 0 Å². The zero-order valence-corrected chi connectivity index (χ0v) is 8.93. The average molecular weight is 169 g/mol. The van der Waals surface area contributed by atoms with Gasteiger partial charge in [-0.25, -0.2) is 0 Å². The average Bonchev–Trinajstić information content (AvgIpc) is 1.83. The van der Waals surface area contributed by atoms with Crippen LogP contribution in [-0.2, 0) is 0 Å². The molecule has 0 bridgehead atoms. The molecule has 1 fully saturated rings. The van der Waals surface area contributed by atoms with Crippen molar-refractivity contribution in [1.29, 1.82) is 0 Å². The SMILES string of the molecule is CC(C)C1CCC(C)(C)CC1N. The predicted octanol–water partition coefficient (Wildman–Crippen LogP) is 2.80. The molecule has 0 radical (unpaired) electrons. The monoisotopic (exact) mass is 169 g/mol. The highest BCUT2D eigenvalue weighted by molar-refractivity contribution is 4.88. The van der Waals surface area contributed by atoms with Crippen LogP contribution in [0.15, 0.2) is 0 Å². The Kier molecular flexibility index (Phi) is 2.82. The Morgan fingerprint density at radius 3 is 2.33 bits per heavy atom. The van der Waals surface area contributed by atoms with E-state index in [-0.39, 0.29) is 0 Å². The Morgan fingerprint density at radius 1 is 1.33 bits per heavy atom. The Bertz CT molecular complexity index is 149. The Hall–Kier alpha value is -0.0400. The van der Waals surface area contributed by atoms with Gasteiger partial charge in [-0.15, -0.1) is 0 Å². The van der Waals surface area contributed by atoms with E-state index in [0.29, 0.717) is 11.5 Å². The quantitative estimate of drug-likeness (QED) is 0.642. The second-order valence-electron chi connectivity index (χ2n) is 5.48. The first-order chi connectivity index (χ1) is 5.42. The molecule has 1 saturated carbocycles. The minimum absolute atomic E-state index is 0.439. The number of hydrogen-bond donors (Lipinski definition) is 1. The summed E-state index contributed by atoms with van der Waals surface area (Å²) in [6, 6.07) is 0.439. The summed E-state index contributed by atoms with van der Waals surface area (Å²) >= 11 is 0. The molecule has 2 atom stereocenters. The van der Waals surface area contributed by atoms with Gasteiger partial charge in [0.2, 0.25) is 0 Å². The number of nitrogens with two attached hydrogens (primary N) is 1. The molecule has 0 aromatic carbocycles. The molecule has 1 aliphatic rings. The Morgan fingerprint density at radius 2 is 1.92 bits per heavy atom. The maximum Gasteiger partial charge on any atom is 0.00746 e. The van der Waals surface area contributed by atoms with E-state index < -0.39 is 0 Å². The van der Waals surface area contributed by atoms with Crippen LogP contribution in [-0.4, -0.2) is 6.04 Å². The van der Waals surface area contributed by atoms with Crippen LogP contribution in [0.3, 0.4) is 0 Å². The fraction of sp³-hybridized carbons (Fsp3) is 1.00. The van der Waals surface area contributed by atoms with Gasteiger partial charge in [0, 0.05) is 6.04 Å². The fourth-order valence-electron chi connectivity index (χ4n) is 2.49. The Balaban J connectivity index is 2.54. The van der Waals surface area contributed by atoms with E-state index in [4.69, 9.17) is 5.73 Å². The highest BCUT2D eigenvalue weighted by atomic mass is 14.7. The summed E-state index contributed by atoms with van der Waals surface area (Å²) in [4.78, 5) is 0. The molecule has 0 spiro atoms. The second kappa shape index (κ2) is 3.37. The lowest BCUT2D eigenvalue weighted by Gasteiger charge is -2.40. The summed E-state index contributed by atoms with van der Waals surface area (Å²) < 4.78 is 0. The fourth-order valence-corrected chi connectivity index (χ4v) is 2.49. The van der Waals surface area contributed by atoms with Gasteiger partial charge in [0.05, 0.1) is 0 Å². The number of hydrogen-bond acceptors (Lipinski definition) is 1. The molecular weight excluding hydrogens is 146 g/mol. The molecule has 0 heterocycles. The van der Waals surface area contributed by atoms with Gasteiger partial charge in [-0.1, -0.05) is 27.7 Å². The van der Waals surface area contributed by atoms with Crippen molar-refractivity contribution < 1.29 is 0 Å². The molecular formula is C11H23N. The Labute approximate surface area is 76.7 Å². The molecule has 1 rings (SSSR count). The lowest BCUT2D eigenvalue weighted by atomic mass is 9.67. The van der Waals surface area contributed by atoms with Crippen LogP contribution in [0.25, 0.3) is 0 Å². The van der Waals surface area contributed by atoms with Crippen LogP contribution in [0.1, 0.15) is 47.0 Å². The minimum Gasteiger partial charge on any atom is -0.327 e. The molecule has 0 amide bonds. The molecule has 1 nitrogen and oxygen atoms in total. The van der Waals surface area contributed by atoms with E-state index in [1.807, 2.05) is 0 Å². The third-order valence-electron chi connectivity index (χ3n) is 3.35. The van der Waals surface area contributed by atoms with Gasteiger partial charge < -0.3 is 5.73 Å². The van der Waals surface area contributed by atoms with Crippen LogP contribution >= 0.6 is 0 Å². The third kappa shape index (κ3) is 2.22. The zero-order valence-electron chi connectivity index (χ0n) is 8.93. The first kappa shape index (κ1) is 10.0. The van der Waals surface area contributed by atoms with Crippen molar-refractivity contribution in [3.63, 3.8) is 0 Å². The van der Waals surface area contributed by atoms with Crippen LogP contribution in [0.5, 0.6) is 0 Å². The third-order valence-corrected chi connectivity index (χ3v) is 3.35. The van der Waals surface area contributed by atoms with Crippen molar-refractivity contribution in [2.45, 2.75) is 53.0 Å². The molecule has 2 N–H and O–H groups in total. The molecule has 2 unspecified atom stereocenters. The summed E-state index contributed by atoms with van der Waals surface area (Å²) in [7, 11) is 0. The summed E-state index contributed by atoms with van der Waals surface area (Å²) in [6.45, 7) is 9.26. The van der Waals surface area contributed by atoms with Crippen LogP contribution in [0.4, 0.5) is 0 Å². The lowest BCUT2D eigenvalue weighted by molar-refractivity contribution is 0.134. The van der Waals surface area contributed by atoms with E-state index in [9.17, 15) is 0 Å². The van der Waals surface area contributed by atoms with Crippen molar-refractivity contribution in [3.8, 4) is 0 Å². The predicted molar refractivity (Wildman–Crippen MR) is 53.9 cm³/mol. The van der Waals surface area contributed by atoms with Gasteiger partial charge in [-0.3, -0.25) is 0 Å². The maximum atomic E-state index is 6.16. The molecule has 0 saturated heterocycles. The highest BCUT2D eigenvalue weighted by Crippen LogP contribution is 2.39. The molecule has 0 aliphatic heterocycles. The zero-order chi connectivity index (χ0) is 9.35. The van der Waals surface area contributed by atoms with Gasteiger partial charge in [-0.2, -0.15) is 0 Å². The standard InChI is InChI=1S/C11H23N/c1-8(2)9-5-6-11(3,4)7-10(9)12/h8-10H,5-7,12H2,1-4H3. The molecule has 0 aromatic rings.